The SMILES string of the molecule is CCOc1cc(/C=C2\C(=O)NC(=O)N(c3cccc(C)c3C)C2=O)cc(Cl)c1O. The lowest BCUT2D eigenvalue weighted by atomic mass is 10.0. The number of phenols is 1. The van der Waals surface area contributed by atoms with Gasteiger partial charge in [-0.25, -0.2) is 9.69 Å². The molecule has 3 rings (SSSR count). The second-order valence-corrected chi connectivity index (χ2v) is 6.87. The van der Waals surface area contributed by atoms with Gasteiger partial charge in [-0.1, -0.05) is 23.7 Å². The van der Waals surface area contributed by atoms with Crippen LogP contribution in [-0.2, 0) is 9.59 Å². The highest BCUT2D eigenvalue weighted by Crippen LogP contribution is 2.36. The van der Waals surface area contributed by atoms with Gasteiger partial charge in [-0.2, -0.15) is 0 Å². The number of nitrogens with one attached hydrogen (secondary N) is 1. The molecule has 4 amide bonds. The maximum atomic E-state index is 13.0. The molecular weight excluding hydrogens is 396 g/mol. The van der Waals surface area contributed by atoms with Gasteiger partial charge in [0.15, 0.2) is 11.5 Å². The Hall–Kier alpha value is -3.32. The molecule has 0 radical (unpaired) electrons. The summed E-state index contributed by atoms with van der Waals surface area (Å²) >= 11 is 6.02. The van der Waals surface area contributed by atoms with E-state index in [0.29, 0.717) is 11.3 Å². The average molecular weight is 415 g/mol. The Morgan fingerprint density at radius 2 is 1.93 bits per heavy atom. The third-order valence-corrected chi connectivity index (χ3v) is 4.87. The number of hydrogen-bond donors (Lipinski definition) is 2. The molecule has 8 heteroatoms. The van der Waals surface area contributed by atoms with Crippen molar-refractivity contribution in [2.45, 2.75) is 20.8 Å². The molecule has 1 heterocycles. The van der Waals surface area contributed by atoms with E-state index in [4.69, 9.17) is 16.3 Å². The highest BCUT2D eigenvalue weighted by atomic mass is 35.5. The van der Waals surface area contributed by atoms with E-state index in [9.17, 15) is 19.5 Å². The molecule has 7 nitrogen and oxygen atoms in total. The molecule has 29 heavy (non-hydrogen) atoms. The lowest BCUT2D eigenvalue weighted by molar-refractivity contribution is -0.122. The smallest absolute Gasteiger partial charge is 0.335 e. The minimum absolute atomic E-state index is 0.00827. The third-order valence-electron chi connectivity index (χ3n) is 4.58. The Morgan fingerprint density at radius 1 is 1.21 bits per heavy atom. The second kappa shape index (κ2) is 7.97. The Kier molecular flexibility index (Phi) is 5.61. The van der Waals surface area contributed by atoms with Crippen LogP contribution in [0.15, 0.2) is 35.9 Å². The van der Waals surface area contributed by atoms with Gasteiger partial charge in [-0.05, 0) is 61.7 Å². The van der Waals surface area contributed by atoms with Gasteiger partial charge in [0.25, 0.3) is 11.8 Å². The number of carbonyl (C=O) groups excluding carboxylic acids is 3. The monoisotopic (exact) mass is 414 g/mol. The van der Waals surface area contributed by atoms with Gasteiger partial charge in [0.05, 0.1) is 17.3 Å². The zero-order chi connectivity index (χ0) is 21.3. The van der Waals surface area contributed by atoms with Gasteiger partial charge in [0.1, 0.15) is 5.57 Å². The molecule has 2 aromatic carbocycles. The van der Waals surface area contributed by atoms with Gasteiger partial charge in [0.2, 0.25) is 0 Å². The Bertz CT molecular complexity index is 1060. The van der Waals surface area contributed by atoms with Gasteiger partial charge in [0, 0.05) is 0 Å². The molecule has 150 valence electrons. The molecule has 0 aliphatic carbocycles. The van der Waals surface area contributed by atoms with Gasteiger partial charge in [-0.3, -0.25) is 14.9 Å². The number of aromatic hydroxyl groups is 1. The van der Waals surface area contributed by atoms with Crippen LogP contribution >= 0.6 is 11.6 Å². The molecule has 2 aromatic rings. The predicted octanol–water partition coefficient (Wildman–Crippen LogP) is 3.73. The maximum absolute atomic E-state index is 13.0. The summed E-state index contributed by atoms with van der Waals surface area (Å²) in [4.78, 5) is 38.7. The number of benzene rings is 2. The number of ether oxygens (including phenoxy) is 1. The summed E-state index contributed by atoms with van der Waals surface area (Å²) in [6.07, 6.45) is 1.30. The lowest BCUT2D eigenvalue weighted by Crippen LogP contribution is -2.54. The molecule has 2 N–H and O–H groups in total. The van der Waals surface area contributed by atoms with Crippen molar-refractivity contribution in [1.82, 2.24) is 5.32 Å². The Morgan fingerprint density at radius 3 is 2.62 bits per heavy atom. The van der Waals surface area contributed by atoms with Gasteiger partial charge in [-0.15, -0.1) is 0 Å². The molecule has 0 atom stereocenters. The molecule has 1 aliphatic rings. The summed E-state index contributed by atoms with van der Waals surface area (Å²) in [6, 6.07) is 7.26. The quantitative estimate of drug-likeness (QED) is 0.587. The topological polar surface area (TPSA) is 95.9 Å². The number of halogens is 1. The molecule has 0 bridgehead atoms. The fourth-order valence-corrected chi connectivity index (χ4v) is 3.18. The number of anilines is 1. The number of aryl methyl sites for hydroxylation is 1. The molecule has 0 spiro atoms. The molecule has 0 saturated carbocycles. The van der Waals surface area contributed by atoms with Crippen molar-refractivity contribution in [3.05, 3.63) is 57.6 Å². The van der Waals surface area contributed by atoms with Gasteiger partial charge < -0.3 is 9.84 Å². The Balaban J connectivity index is 2.08. The number of barbiturate groups is 1. The summed E-state index contributed by atoms with van der Waals surface area (Å²) in [5, 5.41) is 12.2. The van der Waals surface area contributed by atoms with Crippen LogP contribution in [0.3, 0.4) is 0 Å². The van der Waals surface area contributed by atoms with E-state index >= 15 is 0 Å². The first-order valence-electron chi connectivity index (χ1n) is 8.87. The summed E-state index contributed by atoms with van der Waals surface area (Å²) in [7, 11) is 0. The van der Waals surface area contributed by atoms with Crippen LogP contribution < -0.4 is 15.0 Å². The highest BCUT2D eigenvalue weighted by Gasteiger charge is 2.37. The maximum Gasteiger partial charge on any atom is 0.335 e. The molecule has 1 saturated heterocycles. The Labute approximate surface area is 172 Å². The van der Waals surface area contributed by atoms with Crippen LogP contribution in [-0.4, -0.2) is 29.6 Å². The van der Waals surface area contributed by atoms with Crippen molar-refractivity contribution >= 4 is 41.2 Å². The first-order chi connectivity index (χ1) is 13.7. The van der Waals surface area contributed by atoms with E-state index in [-0.39, 0.29) is 28.7 Å². The van der Waals surface area contributed by atoms with Crippen molar-refractivity contribution < 1.29 is 24.2 Å². The van der Waals surface area contributed by atoms with Crippen molar-refractivity contribution in [2.24, 2.45) is 0 Å². The van der Waals surface area contributed by atoms with E-state index in [0.717, 1.165) is 16.0 Å². The number of phenolic OH excluding ortho intramolecular Hbond substituents is 1. The van der Waals surface area contributed by atoms with Crippen LogP contribution in [0.2, 0.25) is 5.02 Å². The normalized spacial score (nSPS) is 15.7. The largest absolute Gasteiger partial charge is 0.503 e. The summed E-state index contributed by atoms with van der Waals surface area (Å²) in [5.74, 6) is -1.68. The predicted molar refractivity (Wildman–Crippen MR) is 109 cm³/mol. The van der Waals surface area contributed by atoms with E-state index < -0.39 is 17.8 Å². The summed E-state index contributed by atoms with van der Waals surface area (Å²) < 4.78 is 5.32. The fraction of sp³-hybridized carbons (Fsp3) is 0.190. The number of hydrogen-bond acceptors (Lipinski definition) is 5. The third kappa shape index (κ3) is 3.82. The highest BCUT2D eigenvalue weighted by molar-refractivity contribution is 6.39. The van der Waals surface area contributed by atoms with Crippen LogP contribution in [0.25, 0.3) is 6.08 Å². The zero-order valence-electron chi connectivity index (χ0n) is 16.1. The first-order valence-corrected chi connectivity index (χ1v) is 9.25. The van der Waals surface area contributed by atoms with Crippen molar-refractivity contribution in [3.63, 3.8) is 0 Å². The molecule has 0 unspecified atom stereocenters. The van der Waals surface area contributed by atoms with Gasteiger partial charge >= 0.3 is 6.03 Å². The van der Waals surface area contributed by atoms with E-state index in [1.807, 2.05) is 13.0 Å². The molecule has 1 aliphatic heterocycles. The zero-order valence-corrected chi connectivity index (χ0v) is 16.8. The van der Waals surface area contributed by atoms with Crippen LogP contribution in [0.5, 0.6) is 11.5 Å². The fourth-order valence-electron chi connectivity index (χ4n) is 2.96. The second-order valence-electron chi connectivity index (χ2n) is 6.46. The minimum atomic E-state index is -0.816. The molecule has 1 fully saturated rings. The molecule has 0 aromatic heterocycles. The summed E-state index contributed by atoms with van der Waals surface area (Å²) in [6.45, 7) is 5.68. The average Bonchev–Trinajstić information content (AvgIpc) is 2.66. The number of imide groups is 2. The van der Waals surface area contributed by atoms with E-state index in [1.165, 1.54) is 18.2 Å². The number of urea groups is 1. The minimum Gasteiger partial charge on any atom is -0.503 e. The molecular formula is C21H19ClN2O5. The number of nitrogens with zero attached hydrogens (tertiary/aromatic N) is 1. The first kappa shape index (κ1) is 20.4. The van der Waals surface area contributed by atoms with Crippen molar-refractivity contribution in [1.29, 1.82) is 0 Å². The summed E-state index contributed by atoms with van der Waals surface area (Å²) in [5.41, 5.74) is 2.16. The van der Waals surface area contributed by atoms with E-state index in [1.54, 1.807) is 26.0 Å². The number of rotatable bonds is 4. The van der Waals surface area contributed by atoms with Crippen LogP contribution in [0.1, 0.15) is 23.6 Å². The van der Waals surface area contributed by atoms with Crippen molar-refractivity contribution in [2.75, 3.05) is 11.5 Å². The van der Waals surface area contributed by atoms with E-state index in [2.05, 4.69) is 5.32 Å². The van der Waals surface area contributed by atoms with Crippen molar-refractivity contribution in [3.8, 4) is 11.5 Å². The lowest BCUT2D eigenvalue weighted by Gasteiger charge is -2.28. The van der Waals surface area contributed by atoms with Crippen LogP contribution in [0.4, 0.5) is 10.5 Å². The number of carbonyl (C=O) groups is 3. The number of amides is 4. The standard InChI is InChI=1S/C21H19ClN2O5/c1-4-29-17-10-13(9-15(22)18(17)25)8-14-19(26)23-21(28)24(20(14)27)16-7-5-6-11(2)12(16)3/h5-10,25H,4H2,1-3H3,(H,23,26,28)/b14-8+. The van der Waals surface area contributed by atoms with Crippen LogP contribution in [0, 0.1) is 13.8 Å².